The molecule has 0 aromatic heterocycles. The SMILES string of the molecule is CCCSCCC1C2C=CC(C2)C1CCSCCC[Si](OC)(OC)OC. The van der Waals surface area contributed by atoms with Gasteiger partial charge in [0.1, 0.15) is 0 Å². The number of hydrogen-bond acceptors (Lipinski definition) is 5. The largest absolute Gasteiger partial charge is 0.500 e. The van der Waals surface area contributed by atoms with Crippen LogP contribution in [0.4, 0.5) is 0 Å². The Morgan fingerprint density at radius 3 is 1.88 bits per heavy atom. The highest BCUT2D eigenvalue weighted by molar-refractivity contribution is 7.99. The summed E-state index contributed by atoms with van der Waals surface area (Å²) in [6.45, 7) is 2.28. The summed E-state index contributed by atoms with van der Waals surface area (Å²) in [7, 11) is 2.74. The van der Waals surface area contributed by atoms with E-state index in [1.54, 1.807) is 21.3 Å². The lowest BCUT2D eigenvalue weighted by atomic mass is 9.80. The number of hydrogen-bond donors (Lipinski definition) is 0. The molecule has 4 unspecified atom stereocenters. The van der Waals surface area contributed by atoms with Crippen molar-refractivity contribution in [2.45, 2.75) is 45.1 Å². The van der Waals surface area contributed by atoms with Crippen molar-refractivity contribution >= 4 is 32.3 Å². The highest BCUT2D eigenvalue weighted by Gasteiger charge is 2.43. The zero-order valence-corrected chi connectivity index (χ0v) is 19.7. The van der Waals surface area contributed by atoms with E-state index >= 15 is 0 Å². The second-order valence-electron chi connectivity index (χ2n) is 7.48. The lowest BCUT2D eigenvalue weighted by Gasteiger charge is -2.28. The van der Waals surface area contributed by atoms with Crippen LogP contribution in [0.5, 0.6) is 0 Å². The third kappa shape index (κ3) is 6.28. The summed E-state index contributed by atoms with van der Waals surface area (Å²) < 4.78 is 16.5. The first-order chi connectivity index (χ1) is 12.7. The molecule has 6 heteroatoms. The standard InChI is InChI=1S/C20H38O3S2Si/c1-5-11-24-13-9-19-17-7-8-18(16-17)20(19)10-14-25-12-6-15-26(21-2,22-3)23-4/h7-8,17-20H,5-6,9-16H2,1-4H3. The summed E-state index contributed by atoms with van der Waals surface area (Å²) in [5, 5.41) is 0. The second-order valence-corrected chi connectivity index (χ2v) is 13.0. The topological polar surface area (TPSA) is 27.7 Å². The van der Waals surface area contributed by atoms with Crippen LogP contribution >= 0.6 is 23.5 Å². The van der Waals surface area contributed by atoms with E-state index in [0.29, 0.717) is 0 Å². The Bertz CT molecular complexity index is 410. The molecule has 2 aliphatic carbocycles. The van der Waals surface area contributed by atoms with Gasteiger partial charge in [-0.15, -0.1) is 0 Å². The van der Waals surface area contributed by atoms with Crippen molar-refractivity contribution in [3.05, 3.63) is 12.2 Å². The molecule has 0 N–H and O–H groups in total. The quantitative estimate of drug-likeness (QED) is 0.203. The van der Waals surface area contributed by atoms with Crippen LogP contribution in [0, 0.1) is 23.7 Å². The molecule has 0 radical (unpaired) electrons. The normalized spacial score (nSPS) is 27.5. The Labute approximate surface area is 170 Å². The van der Waals surface area contributed by atoms with Crippen molar-refractivity contribution < 1.29 is 13.3 Å². The van der Waals surface area contributed by atoms with Gasteiger partial charge in [0.15, 0.2) is 0 Å². The van der Waals surface area contributed by atoms with Crippen molar-refractivity contribution in [2.75, 3.05) is 44.3 Å². The fraction of sp³-hybridized carbons (Fsp3) is 0.900. The van der Waals surface area contributed by atoms with E-state index in [4.69, 9.17) is 13.3 Å². The maximum absolute atomic E-state index is 5.50. The van der Waals surface area contributed by atoms with Gasteiger partial charge in [0.2, 0.25) is 0 Å². The summed E-state index contributed by atoms with van der Waals surface area (Å²) in [5.41, 5.74) is 0. The summed E-state index contributed by atoms with van der Waals surface area (Å²) in [6.07, 6.45) is 11.7. The van der Waals surface area contributed by atoms with Gasteiger partial charge in [-0.25, -0.2) is 0 Å². The predicted molar refractivity (Wildman–Crippen MR) is 118 cm³/mol. The van der Waals surface area contributed by atoms with Crippen molar-refractivity contribution in [1.29, 1.82) is 0 Å². The Kier molecular flexibility index (Phi) is 10.7. The van der Waals surface area contributed by atoms with E-state index in [9.17, 15) is 0 Å². The molecule has 0 heterocycles. The lowest BCUT2D eigenvalue weighted by Crippen LogP contribution is -2.42. The van der Waals surface area contributed by atoms with Crippen LogP contribution in [0.3, 0.4) is 0 Å². The fourth-order valence-electron chi connectivity index (χ4n) is 4.62. The first-order valence-electron chi connectivity index (χ1n) is 10.2. The minimum absolute atomic E-state index is 0.873. The molecule has 0 amide bonds. The zero-order chi connectivity index (χ0) is 18.8. The van der Waals surface area contributed by atoms with Crippen LogP contribution in [-0.4, -0.2) is 53.1 Å². The number of allylic oxidation sites excluding steroid dienone is 2. The van der Waals surface area contributed by atoms with E-state index < -0.39 is 8.80 Å². The average Bonchev–Trinajstić information content (AvgIpc) is 3.27. The summed E-state index contributed by atoms with van der Waals surface area (Å²) in [4.78, 5) is 0. The average molecular weight is 419 g/mol. The van der Waals surface area contributed by atoms with Gasteiger partial charge in [-0.1, -0.05) is 19.1 Å². The summed E-state index contributed by atoms with van der Waals surface area (Å²) >= 11 is 4.25. The van der Waals surface area contributed by atoms with E-state index in [2.05, 4.69) is 42.6 Å². The van der Waals surface area contributed by atoms with E-state index in [1.807, 2.05) is 0 Å². The highest BCUT2D eigenvalue weighted by atomic mass is 32.2. The van der Waals surface area contributed by atoms with Crippen LogP contribution in [-0.2, 0) is 13.3 Å². The van der Waals surface area contributed by atoms with E-state index in [1.165, 1.54) is 48.7 Å². The van der Waals surface area contributed by atoms with Gasteiger partial charge in [-0.2, -0.15) is 23.5 Å². The first kappa shape index (κ1) is 22.8. The van der Waals surface area contributed by atoms with Crippen molar-refractivity contribution in [1.82, 2.24) is 0 Å². The third-order valence-electron chi connectivity index (χ3n) is 6.04. The van der Waals surface area contributed by atoms with Crippen LogP contribution in [0.1, 0.15) is 39.0 Å². The molecule has 0 spiro atoms. The molecule has 4 atom stereocenters. The van der Waals surface area contributed by atoms with Gasteiger partial charge >= 0.3 is 8.80 Å². The van der Waals surface area contributed by atoms with Crippen molar-refractivity contribution in [2.24, 2.45) is 23.7 Å². The van der Waals surface area contributed by atoms with Crippen LogP contribution < -0.4 is 0 Å². The molecule has 26 heavy (non-hydrogen) atoms. The molecule has 0 saturated heterocycles. The second kappa shape index (κ2) is 12.2. The van der Waals surface area contributed by atoms with Crippen molar-refractivity contribution in [3.8, 4) is 0 Å². The number of thioether (sulfide) groups is 2. The maximum atomic E-state index is 5.50. The van der Waals surface area contributed by atoms with Gasteiger partial charge < -0.3 is 13.3 Å². The molecule has 0 aliphatic heterocycles. The summed E-state index contributed by atoms with van der Waals surface area (Å²) in [5.74, 6) is 8.80. The smallest absolute Gasteiger partial charge is 0.377 e. The Morgan fingerprint density at radius 2 is 1.38 bits per heavy atom. The monoisotopic (exact) mass is 418 g/mol. The Morgan fingerprint density at radius 1 is 0.846 bits per heavy atom. The van der Waals surface area contributed by atoms with Gasteiger partial charge in [0, 0.05) is 27.4 Å². The Balaban J connectivity index is 1.64. The molecule has 0 aromatic carbocycles. The van der Waals surface area contributed by atoms with Gasteiger partial charge in [0.05, 0.1) is 0 Å². The fourth-order valence-corrected chi connectivity index (χ4v) is 8.52. The molecular weight excluding hydrogens is 380 g/mol. The number of fused-ring (bicyclic) bond motifs is 2. The summed E-state index contributed by atoms with van der Waals surface area (Å²) in [6, 6.07) is 0.914. The van der Waals surface area contributed by atoms with Crippen LogP contribution in [0.25, 0.3) is 0 Å². The van der Waals surface area contributed by atoms with Gasteiger partial charge in [-0.3, -0.25) is 0 Å². The van der Waals surface area contributed by atoms with Crippen LogP contribution in [0.15, 0.2) is 12.2 Å². The molecule has 1 saturated carbocycles. The molecular formula is C20H38O3S2Si. The number of rotatable bonds is 15. The molecule has 152 valence electrons. The van der Waals surface area contributed by atoms with E-state index in [-0.39, 0.29) is 0 Å². The maximum Gasteiger partial charge on any atom is 0.500 e. The highest BCUT2D eigenvalue weighted by Crippen LogP contribution is 2.51. The minimum Gasteiger partial charge on any atom is -0.377 e. The molecule has 2 rings (SSSR count). The van der Waals surface area contributed by atoms with Crippen molar-refractivity contribution in [3.63, 3.8) is 0 Å². The van der Waals surface area contributed by atoms with Gasteiger partial charge in [-0.05, 0) is 78.8 Å². The zero-order valence-electron chi connectivity index (χ0n) is 17.1. The van der Waals surface area contributed by atoms with Crippen LogP contribution in [0.2, 0.25) is 6.04 Å². The molecule has 2 bridgehead atoms. The molecule has 3 nitrogen and oxygen atoms in total. The lowest BCUT2D eigenvalue weighted by molar-refractivity contribution is 0.123. The third-order valence-corrected chi connectivity index (χ3v) is 11.2. The molecule has 1 fully saturated rings. The molecule has 2 aliphatic rings. The predicted octanol–water partition coefficient (Wildman–Crippen LogP) is 5.35. The molecule has 0 aromatic rings. The van der Waals surface area contributed by atoms with Gasteiger partial charge in [0.25, 0.3) is 0 Å². The van der Waals surface area contributed by atoms with E-state index in [0.717, 1.165) is 36.1 Å². The minimum atomic E-state index is -2.37. The first-order valence-corrected chi connectivity index (χ1v) is 14.4. The Hall–Kier alpha value is 0.537.